The maximum absolute atomic E-state index is 12.2. The number of nitrogens with zero attached hydrogens (tertiary/aromatic N) is 1. The molecule has 1 N–H and O–H groups in total. The standard InChI is InChI=1S/C20H22N2O3/c1-3-7-22-10-12(20(24)25-2)8-14-13-5-4-6-16-19(13)15(9-18(14)22)17(11-23)21-16/h3-6,11-12,14,18,21H,1,7-10H2,2H3/t12-,14-,18-/m1/s1. The second-order valence-electron chi connectivity index (χ2n) is 6.98. The highest BCUT2D eigenvalue weighted by molar-refractivity contribution is 5.95. The molecule has 4 rings (SSSR count). The van der Waals surface area contributed by atoms with Crippen LogP contribution in [0.15, 0.2) is 30.9 Å². The highest BCUT2D eigenvalue weighted by Crippen LogP contribution is 2.45. The monoisotopic (exact) mass is 338 g/mol. The number of H-pyrrole nitrogens is 1. The van der Waals surface area contributed by atoms with Crippen molar-refractivity contribution >= 4 is 23.2 Å². The van der Waals surface area contributed by atoms with Gasteiger partial charge in [0.1, 0.15) is 0 Å². The van der Waals surface area contributed by atoms with E-state index < -0.39 is 0 Å². The lowest BCUT2D eigenvalue weighted by molar-refractivity contribution is -0.148. The quantitative estimate of drug-likeness (QED) is 0.529. The predicted molar refractivity (Wildman–Crippen MR) is 95.8 cm³/mol. The molecule has 0 amide bonds. The molecule has 2 aromatic rings. The van der Waals surface area contributed by atoms with E-state index in [-0.39, 0.29) is 23.8 Å². The first-order valence-electron chi connectivity index (χ1n) is 8.69. The van der Waals surface area contributed by atoms with E-state index in [4.69, 9.17) is 4.74 Å². The molecule has 1 aliphatic heterocycles. The molecule has 1 fully saturated rings. The number of benzene rings is 1. The lowest BCUT2D eigenvalue weighted by Gasteiger charge is -2.46. The molecule has 0 saturated carbocycles. The molecular weight excluding hydrogens is 316 g/mol. The Labute approximate surface area is 146 Å². The summed E-state index contributed by atoms with van der Waals surface area (Å²) in [6.07, 6.45) is 4.39. The van der Waals surface area contributed by atoms with Crippen molar-refractivity contribution in [3.63, 3.8) is 0 Å². The van der Waals surface area contributed by atoms with Crippen molar-refractivity contribution in [2.24, 2.45) is 5.92 Å². The summed E-state index contributed by atoms with van der Waals surface area (Å²) >= 11 is 0. The molecule has 1 aliphatic carbocycles. The van der Waals surface area contributed by atoms with E-state index >= 15 is 0 Å². The number of nitrogens with one attached hydrogen (secondary N) is 1. The number of fused-ring (bicyclic) bond motifs is 2. The molecule has 25 heavy (non-hydrogen) atoms. The van der Waals surface area contributed by atoms with Gasteiger partial charge in [0.25, 0.3) is 0 Å². The molecule has 5 heteroatoms. The van der Waals surface area contributed by atoms with Crippen LogP contribution in [0.1, 0.15) is 34.0 Å². The summed E-state index contributed by atoms with van der Waals surface area (Å²) in [7, 11) is 1.45. The molecule has 5 nitrogen and oxygen atoms in total. The van der Waals surface area contributed by atoms with Gasteiger partial charge in [0, 0.05) is 36.0 Å². The van der Waals surface area contributed by atoms with Gasteiger partial charge >= 0.3 is 5.97 Å². The zero-order valence-corrected chi connectivity index (χ0v) is 14.3. The number of carbonyl (C=O) groups is 2. The van der Waals surface area contributed by atoms with Gasteiger partial charge in [0.05, 0.1) is 18.7 Å². The Kier molecular flexibility index (Phi) is 3.96. The second-order valence-corrected chi connectivity index (χ2v) is 6.98. The number of hydrogen-bond acceptors (Lipinski definition) is 4. The SMILES string of the molecule is C=CCN1C[C@H](C(=O)OC)C[C@@H]2c3cccc4[nH]c(C=O)c(c34)C[C@H]21. The minimum Gasteiger partial charge on any atom is -0.469 e. The van der Waals surface area contributed by atoms with E-state index in [1.165, 1.54) is 12.7 Å². The molecule has 0 unspecified atom stereocenters. The zero-order valence-electron chi connectivity index (χ0n) is 14.3. The highest BCUT2D eigenvalue weighted by atomic mass is 16.5. The van der Waals surface area contributed by atoms with Gasteiger partial charge in [-0.25, -0.2) is 0 Å². The fraction of sp³-hybridized carbons (Fsp3) is 0.400. The number of likely N-dealkylation sites (tertiary alicyclic amines) is 1. The molecule has 1 aromatic carbocycles. The van der Waals surface area contributed by atoms with Crippen LogP contribution in [0, 0.1) is 5.92 Å². The third-order valence-electron chi connectivity index (χ3n) is 5.75. The average molecular weight is 338 g/mol. The number of ether oxygens (including phenoxy) is 1. The van der Waals surface area contributed by atoms with Crippen LogP contribution in [-0.2, 0) is 16.0 Å². The molecular formula is C20H22N2O3. The smallest absolute Gasteiger partial charge is 0.309 e. The largest absolute Gasteiger partial charge is 0.469 e. The van der Waals surface area contributed by atoms with Crippen LogP contribution in [0.5, 0.6) is 0 Å². The molecule has 0 spiro atoms. The van der Waals surface area contributed by atoms with Gasteiger partial charge in [-0.2, -0.15) is 0 Å². The van der Waals surface area contributed by atoms with Crippen molar-refractivity contribution in [1.29, 1.82) is 0 Å². The van der Waals surface area contributed by atoms with E-state index in [1.807, 2.05) is 18.2 Å². The van der Waals surface area contributed by atoms with Crippen LogP contribution in [0.4, 0.5) is 0 Å². The maximum atomic E-state index is 12.2. The first-order chi connectivity index (χ1) is 12.2. The third kappa shape index (κ3) is 2.42. The van der Waals surface area contributed by atoms with E-state index in [1.54, 1.807) is 0 Å². The normalized spacial score (nSPS) is 25.4. The Morgan fingerprint density at radius 1 is 1.48 bits per heavy atom. The number of aldehydes is 1. The van der Waals surface area contributed by atoms with Crippen LogP contribution in [0.25, 0.3) is 10.9 Å². The number of hydrogen-bond donors (Lipinski definition) is 1. The van der Waals surface area contributed by atoms with E-state index in [0.29, 0.717) is 12.2 Å². The Bertz CT molecular complexity index is 854. The van der Waals surface area contributed by atoms with Crippen LogP contribution >= 0.6 is 0 Å². The summed E-state index contributed by atoms with van der Waals surface area (Å²) in [5.74, 6) is -0.0232. The average Bonchev–Trinajstić information content (AvgIpc) is 3.01. The predicted octanol–water partition coefficient (Wildman–Crippen LogP) is 2.67. The van der Waals surface area contributed by atoms with E-state index in [9.17, 15) is 9.59 Å². The van der Waals surface area contributed by atoms with Gasteiger partial charge in [-0.05, 0) is 30.0 Å². The van der Waals surface area contributed by atoms with Crippen LogP contribution in [0.2, 0.25) is 0 Å². The van der Waals surface area contributed by atoms with Crippen molar-refractivity contribution in [2.45, 2.75) is 24.8 Å². The molecule has 0 bridgehead atoms. The summed E-state index contributed by atoms with van der Waals surface area (Å²) in [6, 6.07) is 6.44. The maximum Gasteiger partial charge on any atom is 0.309 e. The number of aromatic nitrogens is 1. The molecule has 130 valence electrons. The number of rotatable bonds is 4. The lowest BCUT2D eigenvalue weighted by Crippen LogP contribution is -2.51. The Morgan fingerprint density at radius 2 is 2.32 bits per heavy atom. The van der Waals surface area contributed by atoms with E-state index in [0.717, 1.165) is 42.1 Å². The molecule has 1 saturated heterocycles. The fourth-order valence-corrected chi connectivity index (χ4v) is 4.73. The number of esters is 1. The second kappa shape index (κ2) is 6.15. The summed E-state index contributed by atoms with van der Waals surface area (Å²) in [6.45, 7) is 5.26. The molecule has 3 atom stereocenters. The summed E-state index contributed by atoms with van der Waals surface area (Å²) in [5.41, 5.74) is 4.02. The number of aromatic amines is 1. The Morgan fingerprint density at radius 3 is 3.04 bits per heavy atom. The number of carbonyl (C=O) groups excluding carboxylic acids is 2. The van der Waals surface area contributed by atoms with Crippen molar-refractivity contribution in [3.8, 4) is 0 Å². The highest BCUT2D eigenvalue weighted by Gasteiger charge is 2.43. The van der Waals surface area contributed by atoms with Crippen LogP contribution in [0.3, 0.4) is 0 Å². The van der Waals surface area contributed by atoms with Gasteiger partial charge in [0.15, 0.2) is 6.29 Å². The molecule has 2 aliphatic rings. The first-order valence-corrected chi connectivity index (χ1v) is 8.69. The van der Waals surface area contributed by atoms with Gasteiger partial charge in [-0.1, -0.05) is 18.2 Å². The van der Waals surface area contributed by atoms with Gasteiger partial charge in [-0.3, -0.25) is 14.5 Å². The Balaban J connectivity index is 1.84. The first kappa shape index (κ1) is 16.1. The van der Waals surface area contributed by atoms with Gasteiger partial charge < -0.3 is 9.72 Å². The summed E-state index contributed by atoms with van der Waals surface area (Å²) in [4.78, 5) is 29.3. The lowest BCUT2D eigenvalue weighted by atomic mass is 9.72. The zero-order chi connectivity index (χ0) is 17.6. The minimum atomic E-state index is -0.145. The molecule has 2 heterocycles. The van der Waals surface area contributed by atoms with Crippen LogP contribution < -0.4 is 0 Å². The topological polar surface area (TPSA) is 62.4 Å². The molecule has 1 aromatic heterocycles. The number of methoxy groups -OCH3 is 1. The molecule has 0 radical (unpaired) electrons. The van der Waals surface area contributed by atoms with Crippen molar-refractivity contribution in [2.75, 3.05) is 20.2 Å². The van der Waals surface area contributed by atoms with E-state index in [2.05, 4.69) is 22.5 Å². The number of piperidine rings is 1. The minimum absolute atomic E-state index is 0.132. The fourth-order valence-electron chi connectivity index (χ4n) is 4.73. The van der Waals surface area contributed by atoms with Crippen LogP contribution in [-0.4, -0.2) is 48.4 Å². The summed E-state index contributed by atoms with van der Waals surface area (Å²) in [5, 5.41) is 1.16. The van der Waals surface area contributed by atoms with Crippen molar-refractivity contribution in [3.05, 3.63) is 47.7 Å². The Hall–Kier alpha value is -2.40. The van der Waals surface area contributed by atoms with Crippen molar-refractivity contribution < 1.29 is 14.3 Å². The third-order valence-corrected chi connectivity index (χ3v) is 5.75. The van der Waals surface area contributed by atoms with Crippen molar-refractivity contribution in [1.82, 2.24) is 9.88 Å². The van der Waals surface area contributed by atoms with Gasteiger partial charge in [-0.15, -0.1) is 6.58 Å². The summed E-state index contributed by atoms with van der Waals surface area (Å²) < 4.78 is 5.02. The van der Waals surface area contributed by atoms with Gasteiger partial charge in [0.2, 0.25) is 0 Å².